The first-order valence-electron chi connectivity index (χ1n) is 9.58. The number of rotatable bonds is 5. The summed E-state index contributed by atoms with van der Waals surface area (Å²) in [5, 5.41) is 9.43. The van der Waals surface area contributed by atoms with Crippen LogP contribution < -0.4 is 0 Å². The molecule has 0 saturated heterocycles. The van der Waals surface area contributed by atoms with E-state index in [0.29, 0.717) is 5.92 Å². The molecule has 0 radical (unpaired) electrons. The molecule has 0 amide bonds. The zero-order chi connectivity index (χ0) is 19.0. The first-order chi connectivity index (χ1) is 12.9. The van der Waals surface area contributed by atoms with E-state index >= 15 is 0 Å². The van der Waals surface area contributed by atoms with E-state index in [-0.39, 0.29) is 5.41 Å². The lowest BCUT2D eigenvalue weighted by Crippen LogP contribution is -2.20. The van der Waals surface area contributed by atoms with Gasteiger partial charge in [-0.2, -0.15) is 0 Å². The maximum absolute atomic E-state index is 4.54. The van der Waals surface area contributed by atoms with E-state index in [9.17, 15) is 0 Å². The number of pyridine rings is 2. The summed E-state index contributed by atoms with van der Waals surface area (Å²) in [6, 6.07) is 13.0. The van der Waals surface area contributed by atoms with Crippen molar-refractivity contribution in [2.75, 3.05) is 0 Å². The summed E-state index contributed by atoms with van der Waals surface area (Å²) in [5.74, 6) is 0.469. The molecule has 0 aliphatic heterocycles. The van der Waals surface area contributed by atoms with Crippen LogP contribution in [-0.2, 0) is 12.8 Å². The van der Waals surface area contributed by atoms with Gasteiger partial charge >= 0.3 is 0 Å². The Bertz CT molecular complexity index is 1090. The summed E-state index contributed by atoms with van der Waals surface area (Å²) in [6.45, 7) is 9.24. The zero-order valence-corrected chi connectivity index (χ0v) is 16.5. The molecule has 4 aromatic rings. The second kappa shape index (κ2) is 6.76. The van der Waals surface area contributed by atoms with Crippen molar-refractivity contribution >= 4 is 16.6 Å². The fourth-order valence-corrected chi connectivity index (χ4v) is 4.16. The fraction of sp³-hybridized carbons (Fsp3) is 0.348. The molecule has 0 aliphatic carbocycles. The van der Waals surface area contributed by atoms with Crippen molar-refractivity contribution in [2.45, 2.75) is 46.5 Å². The Balaban J connectivity index is 1.66. The Labute approximate surface area is 160 Å². The molecule has 0 saturated carbocycles. The van der Waals surface area contributed by atoms with E-state index < -0.39 is 0 Å². The average Bonchev–Trinajstić information content (AvgIpc) is 3.08. The molecule has 27 heavy (non-hydrogen) atoms. The second-order valence-electron chi connectivity index (χ2n) is 8.51. The molecule has 0 aliphatic rings. The number of hydrogen-bond donors (Lipinski definition) is 0. The molecule has 0 spiro atoms. The highest BCUT2D eigenvalue weighted by Crippen LogP contribution is 2.34. The lowest BCUT2D eigenvalue weighted by Gasteiger charge is -2.27. The topological polar surface area (TPSA) is 43.1 Å². The third kappa shape index (κ3) is 3.57. The standard InChI is InChI=1S/C23H26N4/c1-16(2)22-18(7-8-20-19(22)6-5-10-24-20)14-23(3,4)13-17-9-11-27-15-25-26-21(27)12-17/h5-12,15-16H,13-14H2,1-4H3. The summed E-state index contributed by atoms with van der Waals surface area (Å²) >= 11 is 0. The lowest BCUT2D eigenvalue weighted by molar-refractivity contribution is 0.359. The van der Waals surface area contributed by atoms with Gasteiger partial charge in [0.1, 0.15) is 6.33 Å². The molecule has 3 aromatic heterocycles. The van der Waals surface area contributed by atoms with Gasteiger partial charge in [0.2, 0.25) is 0 Å². The van der Waals surface area contributed by atoms with Gasteiger partial charge in [0, 0.05) is 17.8 Å². The predicted molar refractivity (Wildman–Crippen MR) is 110 cm³/mol. The van der Waals surface area contributed by atoms with Crippen molar-refractivity contribution in [3.63, 3.8) is 0 Å². The van der Waals surface area contributed by atoms with Gasteiger partial charge < -0.3 is 0 Å². The van der Waals surface area contributed by atoms with Crippen LogP contribution >= 0.6 is 0 Å². The normalized spacial score (nSPS) is 12.3. The molecular weight excluding hydrogens is 332 g/mol. The molecule has 0 unspecified atom stereocenters. The van der Waals surface area contributed by atoms with Gasteiger partial charge in [0.15, 0.2) is 5.65 Å². The van der Waals surface area contributed by atoms with Crippen LogP contribution in [0, 0.1) is 5.41 Å². The Hall–Kier alpha value is -2.75. The van der Waals surface area contributed by atoms with Crippen molar-refractivity contribution in [1.29, 1.82) is 0 Å². The van der Waals surface area contributed by atoms with Gasteiger partial charge in [0.25, 0.3) is 0 Å². The minimum atomic E-state index is 0.137. The van der Waals surface area contributed by atoms with Crippen LogP contribution in [-0.4, -0.2) is 19.6 Å². The first-order valence-corrected chi connectivity index (χ1v) is 9.58. The molecule has 138 valence electrons. The average molecular weight is 358 g/mol. The molecule has 0 bridgehead atoms. The highest BCUT2D eigenvalue weighted by molar-refractivity contribution is 5.83. The van der Waals surface area contributed by atoms with Crippen LogP contribution in [0.4, 0.5) is 0 Å². The van der Waals surface area contributed by atoms with Crippen LogP contribution in [0.15, 0.2) is 55.1 Å². The zero-order valence-electron chi connectivity index (χ0n) is 16.5. The fourth-order valence-electron chi connectivity index (χ4n) is 4.16. The van der Waals surface area contributed by atoms with E-state index in [0.717, 1.165) is 24.0 Å². The van der Waals surface area contributed by atoms with E-state index in [2.05, 4.69) is 73.2 Å². The minimum Gasteiger partial charge on any atom is -0.289 e. The Kier molecular flexibility index (Phi) is 4.42. The molecule has 0 atom stereocenters. The summed E-state index contributed by atoms with van der Waals surface area (Å²) in [5.41, 5.74) is 6.29. The Morgan fingerprint density at radius 1 is 1.07 bits per heavy atom. The monoisotopic (exact) mass is 358 g/mol. The van der Waals surface area contributed by atoms with Gasteiger partial charge in [0.05, 0.1) is 5.52 Å². The third-order valence-corrected chi connectivity index (χ3v) is 5.21. The van der Waals surface area contributed by atoms with E-state index in [1.807, 2.05) is 22.9 Å². The summed E-state index contributed by atoms with van der Waals surface area (Å²) in [4.78, 5) is 4.54. The van der Waals surface area contributed by atoms with Gasteiger partial charge in [-0.3, -0.25) is 9.38 Å². The van der Waals surface area contributed by atoms with Crippen molar-refractivity contribution in [3.8, 4) is 0 Å². The molecule has 0 N–H and O–H groups in total. The van der Waals surface area contributed by atoms with Gasteiger partial charge in [-0.05, 0) is 65.1 Å². The Morgan fingerprint density at radius 2 is 1.93 bits per heavy atom. The Morgan fingerprint density at radius 3 is 2.74 bits per heavy atom. The summed E-state index contributed by atoms with van der Waals surface area (Å²) < 4.78 is 1.95. The number of hydrogen-bond acceptors (Lipinski definition) is 3. The predicted octanol–water partition coefficient (Wildman–Crippen LogP) is 5.21. The quantitative estimate of drug-likeness (QED) is 0.492. The second-order valence-corrected chi connectivity index (χ2v) is 8.51. The largest absolute Gasteiger partial charge is 0.289 e. The summed E-state index contributed by atoms with van der Waals surface area (Å²) in [6.07, 6.45) is 7.68. The number of fused-ring (bicyclic) bond motifs is 2. The van der Waals surface area contributed by atoms with Gasteiger partial charge in [-0.1, -0.05) is 39.8 Å². The molecule has 1 aromatic carbocycles. The van der Waals surface area contributed by atoms with Gasteiger partial charge in [-0.15, -0.1) is 10.2 Å². The molecule has 4 rings (SSSR count). The van der Waals surface area contributed by atoms with Crippen molar-refractivity contribution < 1.29 is 0 Å². The number of benzene rings is 1. The third-order valence-electron chi connectivity index (χ3n) is 5.21. The van der Waals surface area contributed by atoms with Crippen molar-refractivity contribution in [1.82, 2.24) is 19.6 Å². The van der Waals surface area contributed by atoms with E-state index in [1.54, 1.807) is 6.33 Å². The SMILES string of the molecule is CC(C)c1c(CC(C)(C)Cc2ccn3cnnc3c2)ccc2ncccc12. The molecule has 4 nitrogen and oxygen atoms in total. The van der Waals surface area contributed by atoms with Crippen LogP contribution in [0.25, 0.3) is 16.6 Å². The first kappa shape index (κ1) is 17.7. The molecule has 4 heteroatoms. The smallest absolute Gasteiger partial charge is 0.160 e. The van der Waals surface area contributed by atoms with Gasteiger partial charge in [-0.25, -0.2) is 0 Å². The maximum Gasteiger partial charge on any atom is 0.160 e. The van der Waals surface area contributed by atoms with Crippen LogP contribution in [0.2, 0.25) is 0 Å². The molecule has 0 fully saturated rings. The van der Waals surface area contributed by atoms with Crippen LogP contribution in [0.3, 0.4) is 0 Å². The molecule has 3 heterocycles. The van der Waals surface area contributed by atoms with Crippen molar-refractivity contribution in [3.05, 3.63) is 71.8 Å². The lowest BCUT2D eigenvalue weighted by atomic mass is 9.77. The van der Waals surface area contributed by atoms with E-state index in [1.165, 1.54) is 22.1 Å². The maximum atomic E-state index is 4.54. The number of nitrogens with zero attached hydrogens (tertiary/aromatic N) is 4. The number of aromatic nitrogens is 4. The van der Waals surface area contributed by atoms with Crippen LogP contribution in [0.5, 0.6) is 0 Å². The van der Waals surface area contributed by atoms with E-state index in [4.69, 9.17) is 0 Å². The highest BCUT2D eigenvalue weighted by atomic mass is 15.2. The summed E-state index contributed by atoms with van der Waals surface area (Å²) in [7, 11) is 0. The van der Waals surface area contributed by atoms with Crippen LogP contribution in [0.1, 0.15) is 50.3 Å². The minimum absolute atomic E-state index is 0.137. The molecular formula is C23H26N4. The highest BCUT2D eigenvalue weighted by Gasteiger charge is 2.23. The van der Waals surface area contributed by atoms with Crippen molar-refractivity contribution in [2.24, 2.45) is 5.41 Å².